The summed E-state index contributed by atoms with van der Waals surface area (Å²) in [4.78, 5) is 22.6. The number of carboxylic acids is 1. The van der Waals surface area contributed by atoms with E-state index < -0.39 is 11.9 Å². The van der Waals surface area contributed by atoms with Gasteiger partial charge in [0.1, 0.15) is 0 Å². The van der Waals surface area contributed by atoms with E-state index in [0.717, 1.165) is 19.4 Å². The predicted molar refractivity (Wildman–Crippen MR) is 55.8 cm³/mol. The molecule has 16 heavy (non-hydrogen) atoms. The molecule has 0 radical (unpaired) electrons. The molecule has 2 N–H and O–H groups in total. The molecule has 90 valence electrons. The molecule has 0 aromatic rings. The minimum atomic E-state index is -0.855. The van der Waals surface area contributed by atoms with Crippen molar-refractivity contribution in [3.8, 4) is 0 Å². The molecular weight excluding hydrogens is 210 g/mol. The molecule has 0 spiro atoms. The van der Waals surface area contributed by atoms with Crippen LogP contribution < -0.4 is 5.32 Å². The first kappa shape index (κ1) is 11.4. The summed E-state index contributed by atoms with van der Waals surface area (Å²) in [5.74, 6) is -1.79. The predicted octanol–water partition coefficient (Wildman–Crippen LogP) is 0.392. The fourth-order valence-electron chi connectivity index (χ4n) is 2.27. The second-order valence-electron chi connectivity index (χ2n) is 4.55. The fraction of sp³-hybridized carbons (Fsp3) is 0.818. The van der Waals surface area contributed by atoms with Crippen molar-refractivity contribution in [3.05, 3.63) is 0 Å². The zero-order valence-corrected chi connectivity index (χ0v) is 9.15. The highest BCUT2D eigenvalue weighted by molar-refractivity contribution is 5.86. The number of amides is 1. The van der Waals surface area contributed by atoms with E-state index in [4.69, 9.17) is 9.84 Å². The number of carbonyl (C=O) groups is 2. The smallest absolute Gasteiger partial charge is 0.307 e. The Kier molecular flexibility index (Phi) is 3.43. The van der Waals surface area contributed by atoms with Gasteiger partial charge in [-0.2, -0.15) is 0 Å². The Hall–Kier alpha value is -1.10. The van der Waals surface area contributed by atoms with Crippen LogP contribution in [-0.4, -0.2) is 36.2 Å². The monoisotopic (exact) mass is 227 g/mol. The van der Waals surface area contributed by atoms with Crippen molar-refractivity contribution in [1.82, 2.24) is 5.32 Å². The molecule has 3 unspecified atom stereocenters. The van der Waals surface area contributed by atoms with Crippen LogP contribution in [0.5, 0.6) is 0 Å². The second-order valence-corrected chi connectivity index (χ2v) is 4.55. The van der Waals surface area contributed by atoms with Crippen LogP contribution in [0.25, 0.3) is 0 Å². The Morgan fingerprint density at radius 1 is 1.19 bits per heavy atom. The lowest BCUT2D eigenvalue weighted by molar-refractivity contribution is -0.153. The average molecular weight is 227 g/mol. The van der Waals surface area contributed by atoms with Gasteiger partial charge in [0.25, 0.3) is 0 Å². The second kappa shape index (κ2) is 4.82. The van der Waals surface area contributed by atoms with Gasteiger partial charge in [-0.05, 0) is 25.7 Å². The zero-order valence-electron chi connectivity index (χ0n) is 9.15. The van der Waals surface area contributed by atoms with Gasteiger partial charge in [-0.25, -0.2) is 0 Å². The van der Waals surface area contributed by atoms with Crippen LogP contribution in [0.3, 0.4) is 0 Å². The number of carbonyl (C=O) groups excluding carboxylic acids is 1. The summed E-state index contributed by atoms with van der Waals surface area (Å²) in [7, 11) is 0. The first-order valence-electron chi connectivity index (χ1n) is 5.79. The standard InChI is InChI=1S/C11H17NO4/c13-10(8-3-4-9(8)11(14)15)12-7-2-1-5-16-6-7/h7-9H,1-6H2,(H,12,13)(H,14,15). The molecule has 1 aliphatic heterocycles. The highest BCUT2D eigenvalue weighted by Crippen LogP contribution is 2.34. The lowest BCUT2D eigenvalue weighted by Gasteiger charge is -2.34. The molecule has 0 bridgehead atoms. The van der Waals surface area contributed by atoms with Gasteiger partial charge in [-0.3, -0.25) is 9.59 Å². The Morgan fingerprint density at radius 2 is 1.94 bits per heavy atom. The van der Waals surface area contributed by atoms with Gasteiger partial charge >= 0.3 is 5.97 Å². The van der Waals surface area contributed by atoms with Crippen molar-refractivity contribution in [3.63, 3.8) is 0 Å². The first-order valence-corrected chi connectivity index (χ1v) is 5.79. The van der Waals surface area contributed by atoms with E-state index >= 15 is 0 Å². The average Bonchev–Trinajstić information content (AvgIpc) is 2.16. The van der Waals surface area contributed by atoms with E-state index in [1.165, 1.54) is 0 Å². The summed E-state index contributed by atoms with van der Waals surface area (Å²) in [6.07, 6.45) is 3.19. The fourth-order valence-corrected chi connectivity index (χ4v) is 2.27. The number of hydrogen-bond donors (Lipinski definition) is 2. The molecule has 5 heteroatoms. The molecule has 5 nitrogen and oxygen atoms in total. The van der Waals surface area contributed by atoms with E-state index in [0.29, 0.717) is 19.4 Å². The summed E-state index contributed by atoms with van der Waals surface area (Å²) < 4.78 is 5.26. The van der Waals surface area contributed by atoms with Gasteiger partial charge in [0, 0.05) is 6.61 Å². The SMILES string of the molecule is O=C(O)C1CCC1C(=O)NC1CCCOC1. The van der Waals surface area contributed by atoms with Gasteiger partial charge in [0.05, 0.1) is 24.5 Å². The molecule has 0 aromatic heterocycles. The molecule has 1 heterocycles. The van der Waals surface area contributed by atoms with Crippen molar-refractivity contribution < 1.29 is 19.4 Å². The maximum atomic E-state index is 11.8. The summed E-state index contributed by atoms with van der Waals surface area (Å²) in [6.45, 7) is 1.31. The maximum Gasteiger partial charge on any atom is 0.307 e. The highest BCUT2D eigenvalue weighted by atomic mass is 16.5. The number of aliphatic carboxylic acids is 1. The van der Waals surface area contributed by atoms with Gasteiger partial charge < -0.3 is 15.2 Å². The van der Waals surface area contributed by atoms with Crippen LogP contribution in [-0.2, 0) is 14.3 Å². The molecule has 2 aliphatic rings. The summed E-state index contributed by atoms with van der Waals surface area (Å²) >= 11 is 0. The zero-order chi connectivity index (χ0) is 11.5. The topological polar surface area (TPSA) is 75.6 Å². The normalized spacial score (nSPS) is 33.9. The molecule has 3 atom stereocenters. The number of ether oxygens (including phenoxy) is 1. The van der Waals surface area contributed by atoms with Gasteiger partial charge in [0.15, 0.2) is 0 Å². The van der Waals surface area contributed by atoms with Crippen LogP contribution >= 0.6 is 0 Å². The van der Waals surface area contributed by atoms with E-state index in [1.54, 1.807) is 0 Å². The number of nitrogens with one attached hydrogen (secondary N) is 1. The Bertz CT molecular complexity index is 286. The molecule has 1 saturated carbocycles. The van der Waals surface area contributed by atoms with E-state index in [1.807, 2.05) is 0 Å². The summed E-state index contributed by atoms with van der Waals surface area (Å²) in [6, 6.07) is 0.0660. The lowest BCUT2D eigenvalue weighted by atomic mass is 9.73. The van der Waals surface area contributed by atoms with Gasteiger partial charge in [-0.1, -0.05) is 0 Å². The first-order chi connectivity index (χ1) is 7.68. The summed E-state index contributed by atoms with van der Waals surface area (Å²) in [5, 5.41) is 11.7. The Balaban J connectivity index is 1.81. The van der Waals surface area contributed by atoms with Crippen LogP contribution in [0.2, 0.25) is 0 Å². The van der Waals surface area contributed by atoms with Gasteiger partial charge in [0.2, 0.25) is 5.91 Å². The number of rotatable bonds is 3. The van der Waals surface area contributed by atoms with Crippen LogP contribution in [0.15, 0.2) is 0 Å². The molecule has 2 rings (SSSR count). The number of hydrogen-bond acceptors (Lipinski definition) is 3. The quantitative estimate of drug-likeness (QED) is 0.731. The molecule has 2 fully saturated rings. The lowest BCUT2D eigenvalue weighted by Crippen LogP contribution is -2.49. The van der Waals surface area contributed by atoms with Crippen molar-refractivity contribution in [2.24, 2.45) is 11.8 Å². The van der Waals surface area contributed by atoms with Gasteiger partial charge in [-0.15, -0.1) is 0 Å². The molecule has 1 aliphatic carbocycles. The molecule has 0 aromatic carbocycles. The third-order valence-corrected chi connectivity index (χ3v) is 3.44. The summed E-state index contributed by atoms with van der Waals surface area (Å²) in [5.41, 5.74) is 0. The third-order valence-electron chi connectivity index (χ3n) is 3.44. The molecule has 1 saturated heterocycles. The largest absolute Gasteiger partial charge is 0.481 e. The third kappa shape index (κ3) is 2.35. The van der Waals surface area contributed by atoms with Crippen molar-refractivity contribution >= 4 is 11.9 Å². The van der Waals surface area contributed by atoms with Crippen LogP contribution in [0.1, 0.15) is 25.7 Å². The van der Waals surface area contributed by atoms with E-state index in [-0.39, 0.29) is 17.9 Å². The Labute approximate surface area is 94.2 Å². The van der Waals surface area contributed by atoms with Crippen molar-refractivity contribution in [2.45, 2.75) is 31.7 Å². The molecule has 1 amide bonds. The van der Waals surface area contributed by atoms with Crippen LogP contribution in [0.4, 0.5) is 0 Å². The van der Waals surface area contributed by atoms with E-state index in [2.05, 4.69) is 5.32 Å². The minimum Gasteiger partial charge on any atom is -0.481 e. The van der Waals surface area contributed by atoms with E-state index in [9.17, 15) is 9.59 Å². The van der Waals surface area contributed by atoms with Crippen molar-refractivity contribution in [2.75, 3.05) is 13.2 Å². The number of carboxylic acid groups (broad SMARTS) is 1. The highest BCUT2D eigenvalue weighted by Gasteiger charge is 2.41. The molecular formula is C11H17NO4. The minimum absolute atomic E-state index is 0.0660. The van der Waals surface area contributed by atoms with Crippen LogP contribution in [0, 0.1) is 11.8 Å². The van der Waals surface area contributed by atoms with Crippen molar-refractivity contribution in [1.29, 1.82) is 0 Å². The Morgan fingerprint density at radius 3 is 2.44 bits per heavy atom. The maximum absolute atomic E-state index is 11.8.